The SMILES string of the molecule is CCCNC(=O)/C(C#N)=N/Nc1cccc(C)c1. The number of carbonyl (C=O) groups excluding carboxylic acids is 1. The van der Waals surface area contributed by atoms with E-state index in [0.717, 1.165) is 17.7 Å². The second kappa shape index (κ2) is 7.07. The zero-order chi connectivity index (χ0) is 13.4. The van der Waals surface area contributed by atoms with E-state index in [1.54, 1.807) is 6.07 Å². The second-order valence-electron chi connectivity index (χ2n) is 3.81. The van der Waals surface area contributed by atoms with Gasteiger partial charge in [0.05, 0.1) is 5.69 Å². The number of hydrazone groups is 1. The molecule has 94 valence electrons. The lowest BCUT2D eigenvalue weighted by atomic mass is 10.2. The van der Waals surface area contributed by atoms with Gasteiger partial charge in [0.1, 0.15) is 6.07 Å². The lowest BCUT2D eigenvalue weighted by Crippen LogP contribution is -2.31. The molecule has 5 heteroatoms. The van der Waals surface area contributed by atoms with Gasteiger partial charge in [0.15, 0.2) is 0 Å². The van der Waals surface area contributed by atoms with Gasteiger partial charge in [-0.1, -0.05) is 19.1 Å². The molecule has 5 nitrogen and oxygen atoms in total. The minimum absolute atomic E-state index is 0.176. The van der Waals surface area contributed by atoms with E-state index in [9.17, 15) is 4.79 Å². The van der Waals surface area contributed by atoms with Crippen LogP contribution >= 0.6 is 0 Å². The Kier molecular flexibility index (Phi) is 5.39. The summed E-state index contributed by atoms with van der Waals surface area (Å²) in [5, 5.41) is 15.2. The maximum atomic E-state index is 11.5. The number of hydrogen-bond donors (Lipinski definition) is 2. The molecule has 1 amide bonds. The van der Waals surface area contributed by atoms with Crippen molar-refractivity contribution in [3.63, 3.8) is 0 Å². The summed E-state index contributed by atoms with van der Waals surface area (Å²) < 4.78 is 0. The molecular weight excluding hydrogens is 228 g/mol. The smallest absolute Gasteiger partial charge is 0.282 e. The maximum absolute atomic E-state index is 11.5. The molecule has 0 aliphatic carbocycles. The topological polar surface area (TPSA) is 77.3 Å². The van der Waals surface area contributed by atoms with Crippen molar-refractivity contribution in [2.24, 2.45) is 5.10 Å². The van der Waals surface area contributed by atoms with Crippen molar-refractivity contribution >= 4 is 17.3 Å². The molecule has 0 aromatic heterocycles. The lowest BCUT2D eigenvalue weighted by Gasteiger charge is -2.03. The highest BCUT2D eigenvalue weighted by atomic mass is 16.1. The van der Waals surface area contributed by atoms with Crippen molar-refractivity contribution in [3.8, 4) is 6.07 Å². The molecule has 2 N–H and O–H groups in total. The molecule has 18 heavy (non-hydrogen) atoms. The van der Waals surface area contributed by atoms with Crippen molar-refractivity contribution in [2.75, 3.05) is 12.0 Å². The Morgan fingerprint density at radius 3 is 2.89 bits per heavy atom. The van der Waals surface area contributed by atoms with Crippen molar-refractivity contribution in [2.45, 2.75) is 20.3 Å². The van der Waals surface area contributed by atoms with Gasteiger partial charge < -0.3 is 5.32 Å². The molecule has 1 rings (SSSR count). The fraction of sp³-hybridized carbons (Fsp3) is 0.308. The molecule has 0 bridgehead atoms. The number of nitriles is 1. The summed E-state index contributed by atoms with van der Waals surface area (Å²) in [6.07, 6.45) is 0.815. The van der Waals surface area contributed by atoms with E-state index in [-0.39, 0.29) is 5.71 Å². The Labute approximate surface area is 107 Å². The Morgan fingerprint density at radius 2 is 2.28 bits per heavy atom. The van der Waals surface area contributed by atoms with Crippen LogP contribution in [-0.4, -0.2) is 18.2 Å². The first-order valence-corrected chi connectivity index (χ1v) is 5.76. The van der Waals surface area contributed by atoms with Crippen LogP contribution < -0.4 is 10.7 Å². The number of nitrogens with one attached hydrogen (secondary N) is 2. The molecule has 0 heterocycles. The molecule has 1 aromatic rings. The van der Waals surface area contributed by atoms with Crippen LogP contribution in [-0.2, 0) is 4.79 Å². The van der Waals surface area contributed by atoms with Crippen LogP contribution in [0.25, 0.3) is 0 Å². The van der Waals surface area contributed by atoms with Crippen molar-refractivity contribution in [1.29, 1.82) is 5.26 Å². The van der Waals surface area contributed by atoms with Gasteiger partial charge in [-0.25, -0.2) is 0 Å². The number of aryl methyl sites for hydroxylation is 1. The van der Waals surface area contributed by atoms with Crippen LogP contribution in [0.3, 0.4) is 0 Å². The van der Waals surface area contributed by atoms with E-state index in [4.69, 9.17) is 5.26 Å². The van der Waals surface area contributed by atoms with Gasteiger partial charge in [0.2, 0.25) is 5.71 Å². The standard InChI is InChI=1S/C13H16N4O/c1-3-7-15-13(18)12(9-14)17-16-11-6-4-5-10(2)8-11/h4-6,8,16H,3,7H2,1-2H3,(H,15,18)/b17-12+. The molecule has 0 unspecified atom stereocenters. The largest absolute Gasteiger partial charge is 0.350 e. The van der Waals surface area contributed by atoms with Gasteiger partial charge in [-0.15, -0.1) is 0 Å². The Hall–Kier alpha value is -2.35. The molecule has 0 aliphatic rings. The minimum Gasteiger partial charge on any atom is -0.350 e. The molecule has 0 radical (unpaired) electrons. The van der Waals surface area contributed by atoms with Gasteiger partial charge in [0.25, 0.3) is 5.91 Å². The fourth-order valence-electron chi connectivity index (χ4n) is 1.28. The predicted octanol–water partition coefficient (Wildman–Crippen LogP) is 1.81. The fourth-order valence-corrected chi connectivity index (χ4v) is 1.28. The van der Waals surface area contributed by atoms with Crippen molar-refractivity contribution in [1.82, 2.24) is 5.32 Å². The van der Waals surface area contributed by atoms with Crippen LogP contribution in [0.2, 0.25) is 0 Å². The number of hydrogen-bond acceptors (Lipinski definition) is 4. The highest BCUT2D eigenvalue weighted by Gasteiger charge is 2.09. The first-order valence-electron chi connectivity index (χ1n) is 5.76. The number of carbonyl (C=O) groups is 1. The van der Waals surface area contributed by atoms with Gasteiger partial charge in [0, 0.05) is 6.54 Å². The quantitative estimate of drug-likeness (QED) is 0.612. The molecule has 0 saturated carbocycles. The second-order valence-corrected chi connectivity index (χ2v) is 3.81. The molecule has 0 spiro atoms. The lowest BCUT2D eigenvalue weighted by molar-refractivity contribution is -0.114. The van der Waals surface area contributed by atoms with Crippen LogP contribution in [0.4, 0.5) is 5.69 Å². The van der Waals surface area contributed by atoms with E-state index < -0.39 is 5.91 Å². The summed E-state index contributed by atoms with van der Waals surface area (Å²) in [5.41, 5.74) is 4.34. The summed E-state index contributed by atoms with van der Waals surface area (Å²) in [7, 11) is 0. The van der Waals surface area contributed by atoms with E-state index in [1.807, 2.05) is 38.1 Å². The summed E-state index contributed by atoms with van der Waals surface area (Å²) in [5.74, 6) is -0.459. The summed E-state index contributed by atoms with van der Waals surface area (Å²) >= 11 is 0. The van der Waals surface area contributed by atoms with Crippen LogP contribution in [0.5, 0.6) is 0 Å². The van der Waals surface area contributed by atoms with Gasteiger partial charge in [-0.2, -0.15) is 10.4 Å². The third-order valence-corrected chi connectivity index (χ3v) is 2.17. The number of anilines is 1. The van der Waals surface area contributed by atoms with Gasteiger partial charge in [-0.3, -0.25) is 10.2 Å². The van der Waals surface area contributed by atoms with E-state index >= 15 is 0 Å². The van der Waals surface area contributed by atoms with E-state index in [0.29, 0.717) is 6.54 Å². The first-order chi connectivity index (χ1) is 8.67. The number of benzene rings is 1. The average molecular weight is 244 g/mol. The minimum atomic E-state index is -0.459. The van der Waals surface area contributed by atoms with Crippen molar-refractivity contribution < 1.29 is 4.79 Å². The predicted molar refractivity (Wildman–Crippen MR) is 71.2 cm³/mol. The van der Waals surface area contributed by atoms with Crippen LogP contribution in [0, 0.1) is 18.3 Å². The summed E-state index contributed by atoms with van der Waals surface area (Å²) in [6, 6.07) is 9.29. The monoisotopic (exact) mass is 244 g/mol. The normalized spacial score (nSPS) is 10.6. The number of rotatable bonds is 5. The molecule has 0 atom stereocenters. The Morgan fingerprint density at radius 1 is 1.50 bits per heavy atom. The third kappa shape index (κ3) is 4.26. The maximum Gasteiger partial charge on any atom is 0.282 e. The first kappa shape index (κ1) is 13.7. The summed E-state index contributed by atoms with van der Waals surface area (Å²) in [6.45, 7) is 4.42. The van der Waals surface area contributed by atoms with Crippen LogP contribution in [0.15, 0.2) is 29.4 Å². The number of nitrogens with zero attached hydrogens (tertiary/aromatic N) is 2. The Balaban J connectivity index is 2.69. The zero-order valence-corrected chi connectivity index (χ0v) is 10.5. The third-order valence-electron chi connectivity index (χ3n) is 2.17. The average Bonchev–Trinajstić information content (AvgIpc) is 2.37. The molecule has 0 aliphatic heterocycles. The molecule has 0 fully saturated rings. The molecular formula is C13H16N4O. The highest BCUT2D eigenvalue weighted by molar-refractivity contribution is 6.45. The van der Waals surface area contributed by atoms with Crippen molar-refractivity contribution in [3.05, 3.63) is 29.8 Å². The number of amides is 1. The molecule has 0 saturated heterocycles. The van der Waals surface area contributed by atoms with Gasteiger partial charge >= 0.3 is 0 Å². The zero-order valence-electron chi connectivity index (χ0n) is 10.5. The van der Waals surface area contributed by atoms with Gasteiger partial charge in [-0.05, 0) is 31.0 Å². The van der Waals surface area contributed by atoms with E-state index in [2.05, 4.69) is 15.8 Å². The van der Waals surface area contributed by atoms with Crippen LogP contribution in [0.1, 0.15) is 18.9 Å². The highest BCUT2D eigenvalue weighted by Crippen LogP contribution is 2.09. The van der Waals surface area contributed by atoms with E-state index in [1.165, 1.54) is 0 Å². The Bertz CT molecular complexity index is 488. The molecule has 1 aromatic carbocycles. The summed E-state index contributed by atoms with van der Waals surface area (Å²) in [4.78, 5) is 11.5.